The van der Waals surface area contributed by atoms with Crippen LogP contribution in [-0.2, 0) is 0 Å². The number of likely N-dealkylation sites (tertiary alicyclic amines) is 1. The maximum atomic E-state index is 13.7. The third-order valence-corrected chi connectivity index (χ3v) is 7.06. The van der Waals surface area contributed by atoms with Gasteiger partial charge in [0.15, 0.2) is 11.5 Å². The van der Waals surface area contributed by atoms with Gasteiger partial charge in [0.1, 0.15) is 11.4 Å². The van der Waals surface area contributed by atoms with Crippen molar-refractivity contribution in [3.63, 3.8) is 0 Å². The first kappa shape index (κ1) is 21.6. The normalized spacial score (nSPS) is 23.7. The summed E-state index contributed by atoms with van der Waals surface area (Å²) >= 11 is 0. The summed E-state index contributed by atoms with van der Waals surface area (Å²) in [6.07, 6.45) is 6.54. The second-order valence-corrected chi connectivity index (χ2v) is 9.17. The van der Waals surface area contributed by atoms with Crippen LogP contribution in [0.3, 0.4) is 0 Å². The van der Waals surface area contributed by atoms with Gasteiger partial charge in [-0.25, -0.2) is 0 Å². The first-order valence-electron chi connectivity index (χ1n) is 11.9. The van der Waals surface area contributed by atoms with Crippen molar-refractivity contribution in [2.45, 2.75) is 50.1 Å². The lowest BCUT2D eigenvalue weighted by Crippen LogP contribution is -2.62. The fraction of sp³-hybridized carbons (Fsp3) is 0.462. The molecule has 2 fully saturated rings. The quantitative estimate of drug-likeness (QED) is 0.717. The fourth-order valence-corrected chi connectivity index (χ4v) is 5.39. The molecule has 33 heavy (non-hydrogen) atoms. The highest BCUT2D eigenvalue weighted by Crippen LogP contribution is 2.38. The standard InChI is InChI=1S/C26H32N4O3/c1-32-22-14-7-11-19(23(22)33-2)24(31)30-16-8-15-26(17-30)25(27-18-9-3-4-10-18)28-20-12-5-6-13-21(20)29-26/h5-7,11-14,18,29H,3-4,8-10,15-17H2,1-2H3,(H,27,28)/t26-/m1/s1. The summed E-state index contributed by atoms with van der Waals surface area (Å²) in [6, 6.07) is 14.0. The molecule has 2 aliphatic heterocycles. The Morgan fingerprint density at radius 2 is 1.82 bits per heavy atom. The second-order valence-electron chi connectivity index (χ2n) is 9.17. The Morgan fingerprint density at radius 1 is 1.03 bits per heavy atom. The fourth-order valence-electron chi connectivity index (χ4n) is 5.39. The molecule has 1 aliphatic carbocycles. The largest absolute Gasteiger partial charge is 0.493 e. The first-order valence-corrected chi connectivity index (χ1v) is 11.9. The van der Waals surface area contributed by atoms with Crippen LogP contribution in [0.1, 0.15) is 48.9 Å². The number of ether oxygens (including phenoxy) is 2. The van der Waals surface area contributed by atoms with Gasteiger partial charge in [0.2, 0.25) is 0 Å². The molecular weight excluding hydrogens is 416 g/mol. The molecule has 0 radical (unpaired) electrons. The third-order valence-electron chi connectivity index (χ3n) is 7.06. The maximum Gasteiger partial charge on any atom is 0.257 e. The van der Waals surface area contributed by atoms with E-state index in [0.717, 1.165) is 42.9 Å². The number of methoxy groups -OCH3 is 2. The number of rotatable bonds is 4. The predicted molar refractivity (Wildman–Crippen MR) is 131 cm³/mol. The van der Waals surface area contributed by atoms with E-state index < -0.39 is 5.54 Å². The van der Waals surface area contributed by atoms with Crippen molar-refractivity contribution in [1.29, 1.82) is 0 Å². The molecule has 0 bridgehead atoms. The molecule has 2 heterocycles. The Labute approximate surface area is 195 Å². The number of anilines is 2. The number of carbonyl (C=O) groups excluding carboxylic acids is 1. The van der Waals surface area contributed by atoms with Crippen LogP contribution in [0.5, 0.6) is 11.5 Å². The maximum absolute atomic E-state index is 13.7. The predicted octanol–water partition coefficient (Wildman–Crippen LogP) is 4.56. The first-order chi connectivity index (χ1) is 16.1. The van der Waals surface area contributed by atoms with E-state index >= 15 is 0 Å². The van der Waals surface area contributed by atoms with Gasteiger partial charge in [0, 0.05) is 6.54 Å². The number of amides is 1. The highest BCUT2D eigenvalue weighted by molar-refractivity contribution is 6.10. The van der Waals surface area contributed by atoms with Gasteiger partial charge in [0.25, 0.3) is 5.91 Å². The Kier molecular flexibility index (Phi) is 5.87. The summed E-state index contributed by atoms with van der Waals surface area (Å²) in [6.45, 7) is 1.24. The van der Waals surface area contributed by atoms with Gasteiger partial charge >= 0.3 is 0 Å². The number of amidine groups is 1. The number of hydrogen-bond donors (Lipinski definition) is 2. The molecule has 2 aromatic carbocycles. The molecule has 174 valence electrons. The molecule has 1 amide bonds. The Hall–Kier alpha value is -3.22. The molecule has 2 N–H and O–H groups in total. The minimum Gasteiger partial charge on any atom is -0.493 e. The number of nitrogens with zero attached hydrogens (tertiary/aromatic N) is 2. The molecule has 1 saturated carbocycles. The van der Waals surface area contributed by atoms with Crippen LogP contribution in [0.4, 0.5) is 11.4 Å². The van der Waals surface area contributed by atoms with Crippen LogP contribution in [0.2, 0.25) is 0 Å². The van der Waals surface area contributed by atoms with E-state index in [9.17, 15) is 4.79 Å². The summed E-state index contributed by atoms with van der Waals surface area (Å²) in [5, 5.41) is 7.41. The van der Waals surface area contributed by atoms with Gasteiger partial charge < -0.3 is 25.0 Å². The minimum atomic E-state index is -0.434. The van der Waals surface area contributed by atoms with E-state index in [1.54, 1.807) is 20.3 Å². The molecule has 1 spiro atoms. The van der Waals surface area contributed by atoms with Gasteiger partial charge in [-0.1, -0.05) is 31.0 Å². The van der Waals surface area contributed by atoms with Crippen LogP contribution < -0.4 is 20.1 Å². The zero-order chi connectivity index (χ0) is 22.8. The smallest absolute Gasteiger partial charge is 0.257 e. The van der Waals surface area contributed by atoms with Gasteiger partial charge in [-0.2, -0.15) is 0 Å². The van der Waals surface area contributed by atoms with Crippen molar-refractivity contribution >= 4 is 23.1 Å². The molecule has 0 aromatic heterocycles. The number of piperidine rings is 1. The number of aliphatic imine (C=N–C) groups is 1. The van der Waals surface area contributed by atoms with E-state index in [-0.39, 0.29) is 5.91 Å². The van der Waals surface area contributed by atoms with E-state index in [4.69, 9.17) is 14.5 Å². The highest BCUT2D eigenvalue weighted by Gasteiger charge is 2.45. The second kappa shape index (κ2) is 8.96. The van der Waals surface area contributed by atoms with Gasteiger partial charge in [-0.3, -0.25) is 9.79 Å². The summed E-state index contributed by atoms with van der Waals surface area (Å²) in [4.78, 5) is 20.8. The number of nitrogens with one attached hydrogen (secondary N) is 2. The Balaban J connectivity index is 1.49. The van der Waals surface area contributed by atoms with Crippen LogP contribution in [0.25, 0.3) is 0 Å². The van der Waals surface area contributed by atoms with E-state index in [1.807, 2.05) is 29.2 Å². The van der Waals surface area contributed by atoms with E-state index in [0.29, 0.717) is 36.2 Å². The topological polar surface area (TPSA) is 75.2 Å². The number of carbonyl (C=O) groups is 1. The zero-order valence-electron chi connectivity index (χ0n) is 19.4. The molecule has 5 rings (SSSR count). The van der Waals surface area contributed by atoms with Crippen molar-refractivity contribution in [2.75, 3.05) is 37.9 Å². The lowest BCUT2D eigenvalue weighted by molar-refractivity contribution is 0.0690. The molecule has 7 nitrogen and oxygen atoms in total. The van der Waals surface area contributed by atoms with Gasteiger partial charge in [0.05, 0.1) is 43.7 Å². The average molecular weight is 449 g/mol. The van der Waals surface area contributed by atoms with Crippen LogP contribution in [0, 0.1) is 0 Å². The van der Waals surface area contributed by atoms with Gasteiger partial charge in [-0.15, -0.1) is 0 Å². The lowest BCUT2D eigenvalue weighted by atomic mass is 9.84. The Morgan fingerprint density at radius 3 is 2.58 bits per heavy atom. The van der Waals surface area contributed by atoms with Crippen molar-refractivity contribution < 1.29 is 14.3 Å². The number of fused-ring (bicyclic) bond motifs is 1. The van der Waals surface area contributed by atoms with Crippen LogP contribution >= 0.6 is 0 Å². The highest BCUT2D eigenvalue weighted by atomic mass is 16.5. The summed E-state index contributed by atoms with van der Waals surface area (Å²) in [7, 11) is 3.16. The Bertz CT molecular complexity index is 1060. The molecule has 1 saturated heterocycles. The zero-order valence-corrected chi connectivity index (χ0v) is 19.4. The SMILES string of the molecule is COc1cccc(C(=O)N2CCC[C@]3(C2)Nc2ccccc2NC3=NC2CCCC2)c1OC. The van der Waals surface area contributed by atoms with E-state index in [2.05, 4.69) is 22.8 Å². The summed E-state index contributed by atoms with van der Waals surface area (Å²) < 4.78 is 11.0. The monoisotopic (exact) mass is 448 g/mol. The molecule has 0 unspecified atom stereocenters. The van der Waals surface area contributed by atoms with Crippen molar-refractivity contribution in [3.05, 3.63) is 48.0 Å². The number of hydrogen-bond acceptors (Lipinski definition) is 5. The molecule has 1 atom stereocenters. The summed E-state index contributed by atoms with van der Waals surface area (Å²) in [5.74, 6) is 1.95. The average Bonchev–Trinajstić information content (AvgIpc) is 3.37. The molecule has 7 heteroatoms. The van der Waals surface area contributed by atoms with Crippen LogP contribution in [-0.4, -0.2) is 55.5 Å². The number of para-hydroxylation sites is 3. The molecule has 2 aromatic rings. The number of benzene rings is 2. The minimum absolute atomic E-state index is 0.0503. The lowest BCUT2D eigenvalue weighted by Gasteiger charge is -2.47. The van der Waals surface area contributed by atoms with Crippen LogP contribution in [0.15, 0.2) is 47.5 Å². The molecule has 3 aliphatic rings. The van der Waals surface area contributed by atoms with Crippen molar-refractivity contribution in [3.8, 4) is 11.5 Å². The van der Waals surface area contributed by atoms with Crippen molar-refractivity contribution in [1.82, 2.24) is 4.90 Å². The third kappa shape index (κ3) is 4.01. The van der Waals surface area contributed by atoms with E-state index in [1.165, 1.54) is 12.8 Å². The van der Waals surface area contributed by atoms with Crippen molar-refractivity contribution in [2.24, 2.45) is 4.99 Å². The van der Waals surface area contributed by atoms with Gasteiger partial charge in [-0.05, 0) is 49.9 Å². The molecular formula is C26H32N4O3. The summed E-state index contributed by atoms with van der Waals surface area (Å²) in [5.41, 5.74) is 2.18.